The maximum atomic E-state index is 12.8. The zero-order valence-corrected chi connectivity index (χ0v) is 43.9. The van der Waals surface area contributed by atoms with Crippen LogP contribution < -0.4 is 0 Å². The molecule has 0 fully saturated rings. The Kier molecular flexibility index (Phi) is 52.4. The lowest BCUT2D eigenvalue weighted by atomic mass is 10.1. The van der Waals surface area contributed by atoms with E-state index in [1.165, 1.54) is 135 Å². The SMILES string of the molecule is CCCCC\C=C/C=C\C=C/C=C\CCCCCCCC(=O)OC(COC(=O)CCCCCCC/C=C\CCCCC)COC(=O)CCCCCCCCCCCC/C=C\C=C/CCCCC. The van der Waals surface area contributed by atoms with Crippen molar-refractivity contribution < 1.29 is 28.6 Å². The van der Waals surface area contributed by atoms with Gasteiger partial charge in [0.1, 0.15) is 13.2 Å². The molecule has 0 aromatic heterocycles. The minimum atomic E-state index is -0.794. The third kappa shape index (κ3) is 53.4. The molecule has 0 saturated heterocycles. The Balaban J connectivity index is 4.42. The summed E-state index contributed by atoms with van der Waals surface area (Å²) in [6.07, 6.45) is 71.3. The van der Waals surface area contributed by atoms with Gasteiger partial charge in [0.2, 0.25) is 0 Å². The Labute approximate surface area is 414 Å². The quantitative estimate of drug-likeness (QED) is 0.0199. The largest absolute Gasteiger partial charge is 0.462 e. The number of allylic oxidation sites excluding steroid dienone is 14. The van der Waals surface area contributed by atoms with Gasteiger partial charge in [-0.3, -0.25) is 14.4 Å². The summed E-state index contributed by atoms with van der Waals surface area (Å²) < 4.78 is 16.8. The maximum absolute atomic E-state index is 12.8. The Hall–Kier alpha value is -3.41. The van der Waals surface area contributed by atoms with Crippen LogP contribution in [0.25, 0.3) is 0 Å². The van der Waals surface area contributed by atoms with Gasteiger partial charge in [-0.2, -0.15) is 0 Å². The van der Waals surface area contributed by atoms with E-state index in [-0.39, 0.29) is 31.1 Å². The third-order valence-electron chi connectivity index (χ3n) is 12.0. The van der Waals surface area contributed by atoms with Gasteiger partial charge in [-0.15, -0.1) is 0 Å². The molecule has 0 aliphatic rings. The van der Waals surface area contributed by atoms with Crippen LogP contribution in [0.1, 0.15) is 265 Å². The first kappa shape index (κ1) is 63.6. The Morgan fingerprint density at radius 3 is 0.896 bits per heavy atom. The van der Waals surface area contributed by atoms with Crippen LogP contribution in [0.4, 0.5) is 0 Å². The zero-order valence-electron chi connectivity index (χ0n) is 43.9. The Morgan fingerprint density at radius 2 is 0.552 bits per heavy atom. The fraction of sp³-hybridized carbons (Fsp3) is 0.721. The molecule has 67 heavy (non-hydrogen) atoms. The molecule has 6 nitrogen and oxygen atoms in total. The van der Waals surface area contributed by atoms with Crippen molar-refractivity contribution in [3.8, 4) is 0 Å². The molecule has 0 heterocycles. The van der Waals surface area contributed by atoms with Gasteiger partial charge in [0.15, 0.2) is 6.10 Å². The van der Waals surface area contributed by atoms with Gasteiger partial charge in [0.05, 0.1) is 0 Å². The average Bonchev–Trinajstić information content (AvgIpc) is 3.33. The molecule has 0 aliphatic carbocycles. The number of esters is 3. The average molecular weight is 933 g/mol. The van der Waals surface area contributed by atoms with Gasteiger partial charge in [0.25, 0.3) is 0 Å². The van der Waals surface area contributed by atoms with Crippen molar-refractivity contribution in [1.82, 2.24) is 0 Å². The van der Waals surface area contributed by atoms with Crippen molar-refractivity contribution in [1.29, 1.82) is 0 Å². The van der Waals surface area contributed by atoms with Crippen molar-refractivity contribution in [3.63, 3.8) is 0 Å². The van der Waals surface area contributed by atoms with Crippen LogP contribution in [0.15, 0.2) is 85.1 Å². The van der Waals surface area contributed by atoms with E-state index in [0.29, 0.717) is 19.3 Å². The minimum Gasteiger partial charge on any atom is -0.462 e. The van der Waals surface area contributed by atoms with Gasteiger partial charge in [0, 0.05) is 19.3 Å². The van der Waals surface area contributed by atoms with E-state index >= 15 is 0 Å². The molecule has 0 aliphatic heterocycles. The predicted octanol–water partition coefficient (Wildman–Crippen LogP) is 18.8. The predicted molar refractivity (Wildman–Crippen MR) is 288 cm³/mol. The second kappa shape index (κ2) is 55.2. The normalized spacial score (nSPS) is 12.7. The molecule has 1 atom stereocenters. The Bertz CT molecular complexity index is 1300. The van der Waals surface area contributed by atoms with Gasteiger partial charge < -0.3 is 14.2 Å². The molecule has 0 saturated carbocycles. The van der Waals surface area contributed by atoms with Crippen molar-refractivity contribution in [2.24, 2.45) is 0 Å². The van der Waals surface area contributed by atoms with Crippen LogP contribution in [-0.2, 0) is 28.6 Å². The second-order valence-electron chi connectivity index (χ2n) is 18.6. The second-order valence-corrected chi connectivity index (χ2v) is 18.6. The monoisotopic (exact) mass is 933 g/mol. The number of carbonyl (C=O) groups excluding carboxylic acids is 3. The van der Waals surface area contributed by atoms with Crippen LogP contribution >= 0.6 is 0 Å². The zero-order chi connectivity index (χ0) is 48.6. The summed E-state index contributed by atoms with van der Waals surface area (Å²) in [7, 11) is 0. The molecular formula is C61H104O6. The topological polar surface area (TPSA) is 78.9 Å². The van der Waals surface area contributed by atoms with Crippen molar-refractivity contribution in [2.45, 2.75) is 271 Å². The van der Waals surface area contributed by atoms with Crippen molar-refractivity contribution >= 4 is 17.9 Å². The molecule has 6 heteroatoms. The number of hydrogen-bond donors (Lipinski definition) is 0. The summed E-state index contributed by atoms with van der Waals surface area (Å²) in [6, 6.07) is 0. The van der Waals surface area contributed by atoms with E-state index in [2.05, 4.69) is 106 Å². The van der Waals surface area contributed by atoms with E-state index in [4.69, 9.17) is 14.2 Å². The molecule has 0 amide bonds. The van der Waals surface area contributed by atoms with E-state index < -0.39 is 6.10 Å². The summed E-state index contributed by atoms with van der Waals surface area (Å²) in [5.41, 5.74) is 0. The van der Waals surface area contributed by atoms with Crippen LogP contribution in [0.5, 0.6) is 0 Å². The molecule has 0 spiro atoms. The summed E-state index contributed by atoms with van der Waals surface area (Å²) in [6.45, 7) is 6.53. The standard InChI is InChI=1S/C61H104O6/c1-4-7-10-13-16-19-22-25-27-29-31-33-34-36-39-42-45-48-51-54-60(63)66-57-58(56-65-59(62)53-50-47-44-41-38-24-21-18-15-12-9-6-3)67-61(64)55-52-49-46-43-40-37-35-32-30-28-26-23-20-17-14-11-8-5-2/h16-23,25-26,28,30,32,35,58H,4-15,24,27,29,31,33-34,36-57H2,1-3H3/b19-16-,20-17-,21-18-,25-22-,26-23-,30-28-,35-32-. The first-order chi connectivity index (χ1) is 33.0. The maximum Gasteiger partial charge on any atom is 0.306 e. The summed E-state index contributed by atoms with van der Waals surface area (Å²) in [5, 5.41) is 0. The van der Waals surface area contributed by atoms with Gasteiger partial charge in [-0.1, -0.05) is 234 Å². The summed E-state index contributed by atoms with van der Waals surface area (Å²) >= 11 is 0. The molecule has 0 N–H and O–H groups in total. The first-order valence-corrected chi connectivity index (χ1v) is 28.2. The molecule has 1 unspecified atom stereocenters. The van der Waals surface area contributed by atoms with E-state index in [1.54, 1.807) is 0 Å². The smallest absolute Gasteiger partial charge is 0.306 e. The summed E-state index contributed by atoms with van der Waals surface area (Å²) in [5.74, 6) is -0.923. The highest BCUT2D eigenvalue weighted by Crippen LogP contribution is 2.15. The highest BCUT2D eigenvalue weighted by atomic mass is 16.6. The molecule has 0 aromatic rings. The molecular weight excluding hydrogens is 829 g/mol. The van der Waals surface area contributed by atoms with Crippen molar-refractivity contribution in [3.05, 3.63) is 85.1 Å². The fourth-order valence-electron chi connectivity index (χ4n) is 7.67. The van der Waals surface area contributed by atoms with Gasteiger partial charge in [-0.25, -0.2) is 0 Å². The van der Waals surface area contributed by atoms with E-state index in [0.717, 1.165) is 89.9 Å². The van der Waals surface area contributed by atoms with Crippen molar-refractivity contribution in [2.75, 3.05) is 13.2 Å². The van der Waals surface area contributed by atoms with E-state index in [9.17, 15) is 14.4 Å². The van der Waals surface area contributed by atoms with Crippen LogP contribution in [0, 0.1) is 0 Å². The number of hydrogen-bond acceptors (Lipinski definition) is 6. The fourth-order valence-corrected chi connectivity index (χ4v) is 7.67. The lowest BCUT2D eigenvalue weighted by Crippen LogP contribution is -2.30. The number of carbonyl (C=O) groups is 3. The lowest BCUT2D eigenvalue weighted by Gasteiger charge is -2.18. The molecule has 0 rings (SSSR count). The molecule has 384 valence electrons. The summed E-state index contributed by atoms with van der Waals surface area (Å²) in [4.78, 5) is 38.1. The van der Waals surface area contributed by atoms with Gasteiger partial charge in [-0.05, 0) is 96.3 Å². The highest BCUT2D eigenvalue weighted by Gasteiger charge is 2.19. The van der Waals surface area contributed by atoms with Gasteiger partial charge >= 0.3 is 17.9 Å². The first-order valence-electron chi connectivity index (χ1n) is 28.2. The van der Waals surface area contributed by atoms with Crippen LogP contribution in [0.3, 0.4) is 0 Å². The Morgan fingerprint density at radius 1 is 0.299 bits per heavy atom. The molecule has 0 radical (unpaired) electrons. The van der Waals surface area contributed by atoms with Crippen LogP contribution in [0.2, 0.25) is 0 Å². The molecule has 0 bridgehead atoms. The van der Waals surface area contributed by atoms with Crippen LogP contribution in [-0.4, -0.2) is 37.2 Å². The molecule has 0 aromatic carbocycles. The minimum absolute atomic E-state index is 0.0907. The third-order valence-corrected chi connectivity index (χ3v) is 12.0. The number of rotatable bonds is 50. The van der Waals surface area contributed by atoms with E-state index in [1.807, 2.05) is 0 Å². The lowest BCUT2D eigenvalue weighted by molar-refractivity contribution is -0.167. The number of ether oxygens (including phenoxy) is 3. The highest BCUT2D eigenvalue weighted by molar-refractivity contribution is 5.71. The number of unbranched alkanes of at least 4 members (excludes halogenated alkanes) is 29.